The van der Waals surface area contributed by atoms with Crippen LogP contribution < -0.4 is 0 Å². The van der Waals surface area contributed by atoms with Gasteiger partial charge >= 0.3 is 6.09 Å². The molecular weight excluding hydrogens is 244 g/mol. The van der Waals surface area contributed by atoms with Crippen molar-refractivity contribution in [2.75, 3.05) is 13.1 Å². The molecule has 1 aliphatic rings. The maximum absolute atomic E-state index is 11.9. The number of carbonyl (C=O) groups excluding carboxylic acids is 1. The summed E-state index contributed by atoms with van der Waals surface area (Å²) in [4.78, 5) is 13.6. The van der Waals surface area contributed by atoms with E-state index < -0.39 is 5.60 Å². The highest BCUT2D eigenvalue weighted by Gasteiger charge is 2.27. The van der Waals surface area contributed by atoms with Gasteiger partial charge in [-0.1, -0.05) is 0 Å². The summed E-state index contributed by atoms with van der Waals surface area (Å²) in [6.45, 7) is 8.81. The van der Waals surface area contributed by atoms with E-state index >= 15 is 0 Å². The molecule has 19 heavy (non-hydrogen) atoms. The first kappa shape index (κ1) is 15.8. The minimum Gasteiger partial charge on any atom is -0.444 e. The second-order valence-corrected chi connectivity index (χ2v) is 5.98. The Morgan fingerprint density at radius 3 is 2.47 bits per heavy atom. The molecule has 1 unspecified atom stereocenters. The Hall–Kier alpha value is -1.28. The number of amides is 1. The molecule has 5 nitrogen and oxygen atoms in total. The van der Waals surface area contributed by atoms with Gasteiger partial charge in [0.25, 0.3) is 0 Å². The summed E-state index contributed by atoms with van der Waals surface area (Å²) in [5, 5.41) is 8.59. The van der Waals surface area contributed by atoms with Crippen molar-refractivity contribution in [1.82, 2.24) is 4.90 Å². The monoisotopic (exact) mass is 268 g/mol. The molecule has 1 atom stereocenters. The van der Waals surface area contributed by atoms with Crippen LogP contribution in [0.1, 0.15) is 47.0 Å². The Kier molecular flexibility index (Phi) is 5.61. The lowest BCUT2D eigenvalue weighted by molar-refractivity contribution is -0.0379. The van der Waals surface area contributed by atoms with E-state index in [-0.39, 0.29) is 18.3 Å². The van der Waals surface area contributed by atoms with Crippen LogP contribution in [0.5, 0.6) is 0 Å². The van der Waals surface area contributed by atoms with E-state index in [0.717, 1.165) is 12.8 Å². The first-order chi connectivity index (χ1) is 8.81. The lowest BCUT2D eigenvalue weighted by Crippen LogP contribution is -2.44. The lowest BCUT2D eigenvalue weighted by Gasteiger charge is -2.34. The number of carbonyl (C=O) groups is 1. The number of piperidine rings is 1. The van der Waals surface area contributed by atoms with E-state index in [0.29, 0.717) is 19.5 Å². The molecule has 1 aliphatic heterocycles. The topological polar surface area (TPSA) is 62.6 Å². The van der Waals surface area contributed by atoms with Crippen LogP contribution in [0, 0.1) is 11.3 Å². The zero-order chi connectivity index (χ0) is 14.5. The maximum atomic E-state index is 11.9. The Balaban J connectivity index is 2.33. The lowest BCUT2D eigenvalue weighted by atomic mass is 10.1. The molecule has 1 amide bonds. The number of hydrogen-bond donors (Lipinski definition) is 0. The second-order valence-electron chi connectivity index (χ2n) is 5.98. The summed E-state index contributed by atoms with van der Waals surface area (Å²) in [6.07, 6.45) is 1.86. The van der Waals surface area contributed by atoms with Crippen LogP contribution in [0.25, 0.3) is 0 Å². The van der Waals surface area contributed by atoms with Gasteiger partial charge in [0.05, 0.1) is 24.7 Å². The molecule has 1 saturated heterocycles. The van der Waals surface area contributed by atoms with Crippen LogP contribution in [-0.4, -0.2) is 41.9 Å². The molecule has 5 heteroatoms. The third-order valence-electron chi connectivity index (χ3n) is 2.90. The standard InChI is InChI=1S/C14H24N2O3/c1-11(5-8-15)18-12-6-9-16(10-7-12)13(17)19-14(2,3)4/h11-12H,5-7,9-10H2,1-4H3. The fourth-order valence-corrected chi connectivity index (χ4v) is 2.01. The third kappa shape index (κ3) is 5.93. The number of rotatable bonds is 3. The molecule has 0 aliphatic carbocycles. The van der Waals surface area contributed by atoms with Crippen molar-refractivity contribution in [3.8, 4) is 6.07 Å². The fraction of sp³-hybridized carbons (Fsp3) is 0.857. The molecule has 1 rings (SSSR count). The Morgan fingerprint density at radius 2 is 2.00 bits per heavy atom. The van der Waals surface area contributed by atoms with Crippen molar-refractivity contribution in [1.29, 1.82) is 5.26 Å². The van der Waals surface area contributed by atoms with Crippen molar-refractivity contribution in [3.05, 3.63) is 0 Å². The third-order valence-corrected chi connectivity index (χ3v) is 2.90. The van der Waals surface area contributed by atoms with Crippen LogP contribution >= 0.6 is 0 Å². The molecule has 108 valence electrons. The number of ether oxygens (including phenoxy) is 2. The van der Waals surface area contributed by atoms with E-state index in [1.54, 1.807) is 4.90 Å². The number of likely N-dealkylation sites (tertiary alicyclic amines) is 1. The van der Waals surface area contributed by atoms with Crippen molar-refractivity contribution < 1.29 is 14.3 Å². The Morgan fingerprint density at radius 1 is 1.42 bits per heavy atom. The predicted molar refractivity (Wildman–Crippen MR) is 71.6 cm³/mol. The largest absolute Gasteiger partial charge is 0.444 e. The zero-order valence-electron chi connectivity index (χ0n) is 12.3. The minimum absolute atomic E-state index is 0.0388. The SMILES string of the molecule is CC(CC#N)OC1CCN(C(=O)OC(C)(C)C)CC1. The minimum atomic E-state index is -0.453. The average Bonchev–Trinajstić information content (AvgIpc) is 2.27. The van der Waals surface area contributed by atoms with E-state index in [1.807, 2.05) is 27.7 Å². The van der Waals surface area contributed by atoms with Gasteiger partial charge in [0.15, 0.2) is 0 Å². The summed E-state index contributed by atoms with van der Waals surface area (Å²) in [6, 6.07) is 2.10. The van der Waals surface area contributed by atoms with Gasteiger partial charge in [-0.3, -0.25) is 0 Å². The molecule has 0 bridgehead atoms. The van der Waals surface area contributed by atoms with Crippen molar-refractivity contribution in [3.63, 3.8) is 0 Å². The van der Waals surface area contributed by atoms with E-state index in [4.69, 9.17) is 14.7 Å². The normalized spacial score (nSPS) is 18.8. The number of hydrogen-bond acceptors (Lipinski definition) is 4. The fourth-order valence-electron chi connectivity index (χ4n) is 2.01. The highest BCUT2D eigenvalue weighted by molar-refractivity contribution is 5.68. The van der Waals surface area contributed by atoms with Gasteiger partial charge in [-0.2, -0.15) is 5.26 Å². The Bertz CT molecular complexity index is 336. The van der Waals surface area contributed by atoms with Crippen LogP contribution in [0.2, 0.25) is 0 Å². The Labute approximate surface area is 115 Å². The van der Waals surface area contributed by atoms with Crippen molar-refractivity contribution >= 4 is 6.09 Å². The first-order valence-electron chi connectivity index (χ1n) is 6.82. The van der Waals surface area contributed by atoms with Gasteiger partial charge in [-0.05, 0) is 40.5 Å². The van der Waals surface area contributed by atoms with Gasteiger partial charge in [-0.25, -0.2) is 4.79 Å². The predicted octanol–water partition coefficient (Wildman–Crippen LogP) is 2.70. The van der Waals surface area contributed by atoms with Gasteiger partial charge in [0.2, 0.25) is 0 Å². The molecule has 1 heterocycles. The molecule has 0 aromatic carbocycles. The van der Waals surface area contributed by atoms with Crippen LogP contribution in [-0.2, 0) is 9.47 Å². The van der Waals surface area contributed by atoms with Gasteiger partial charge in [0.1, 0.15) is 5.60 Å². The van der Waals surface area contributed by atoms with Crippen molar-refractivity contribution in [2.24, 2.45) is 0 Å². The second kappa shape index (κ2) is 6.76. The van der Waals surface area contributed by atoms with E-state index in [1.165, 1.54) is 0 Å². The van der Waals surface area contributed by atoms with Crippen LogP contribution in [0.15, 0.2) is 0 Å². The first-order valence-corrected chi connectivity index (χ1v) is 6.82. The molecule has 0 aromatic rings. The number of nitrogens with zero attached hydrogens (tertiary/aromatic N) is 2. The van der Waals surface area contributed by atoms with Crippen LogP contribution in [0.3, 0.4) is 0 Å². The van der Waals surface area contributed by atoms with E-state index in [9.17, 15) is 4.79 Å². The summed E-state index contributed by atoms with van der Waals surface area (Å²) in [5.41, 5.74) is -0.453. The zero-order valence-corrected chi connectivity index (χ0v) is 12.3. The van der Waals surface area contributed by atoms with Gasteiger partial charge in [0, 0.05) is 13.1 Å². The molecule has 0 aromatic heterocycles. The summed E-state index contributed by atoms with van der Waals surface area (Å²) < 4.78 is 11.1. The van der Waals surface area contributed by atoms with Gasteiger partial charge < -0.3 is 14.4 Å². The molecule has 0 saturated carbocycles. The van der Waals surface area contributed by atoms with Gasteiger partial charge in [-0.15, -0.1) is 0 Å². The van der Waals surface area contributed by atoms with E-state index in [2.05, 4.69) is 6.07 Å². The molecule has 0 radical (unpaired) electrons. The smallest absolute Gasteiger partial charge is 0.410 e. The average molecular weight is 268 g/mol. The maximum Gasteiger partial charge on any atom is 0.410 e. The summed E-state index contributed by atoms with van der Waals surface area (Å²) >= 11 is 0. The van der Waals surface area contributed by atoms with Crippen LogP contribution in [0.4, 0.5) is 4.79 Å². The molecule has 0 N–H and O–H groups in total. The summed E-state index contributed by atoms with van der Waals surface area (Å²) in [5.74, 6) is 0. The summed E-state index contributed by atoms with van der Waals surface area (Å²) in [7, 11) is 0. The quantitative estimate of drug-likeness (QED) is 0.789. The molecule has 1 fully saturated rings. The molecule has 0 spiro atoms. The highest BCUT2D eigenvalue weighted by atomic mass is 16.6. The molecular formula is C14H24N2O3. The number of nitriles is 1. The van der Waals surface area contributed by atoms with Crippen molar-refractivity contribution in [2.45, 2.75) is 64.8 Å². The highest BCUT2D eigenvalue weighted by Crippen LogP contribution is 2.18.